The summed E-state index contributed by atoms with van der Waals surface area (Å²) in [5, 5.41) is 6.66. The highest BCUT2D eigenvalue weighted by Crippen LogP contribution is 2.27. The lowest BCUT2D eigenvalue weighted by Crippen LogP contribution is -2.18. The van der Waals surface area contributed by atoms with Crippen molar-refractivity contribution in [1.82, 2.24) is 15.7 Å². The Morgan fingerprint density at radius 2 is 2.35 bits per heavy atom. The lowest BCUT2D eigenvalue weighted by Gasteiger charge is -2.04. The molecule has 20 heavy (non-hydrogen) atoms. The van der Waals surface area contributed by atoms with Gasteiger partial charge in [-0.2, -0.15) is 10.6 Å². The number of amides is 1. The van der Waals surface area contributed by atoms with Gasteiger partial charge in [0, 0.05) is 5.56 Å². The van der Waals surface area contributed by atoms with Crippen LogP contribution in [0.5, 0.6) is 0 Å². The number of carbonyl (C=O) groups is 1. The zero-order valence-electron chi connectivity index (χ0n) is 10.5. The van der Waals surface area contributed by atoms with Crippen LogP contribution in [-0.2, 0) is 11.4 Å². The fraction of sp³-hybridized carbons (Fsp3) is 0.167. The normalized spacial score (nSPS) is 10.8. The Morgan fingerprint density at radius 3 is 2.95 bits per heavy atom. The number of aromatic amines is 1. The second-order valence-electron chi connectivity index (χ2n) is 3.94. The molecule has 0 atom stereocenters. The van der Waals surface area contributed by atoms with Gasteiger partial charge in [0.15, 0.2) is 0 Å². The van der Waals surface area contributed by atoms with E-state index in [0.29, 0.717) is 17.0 Å². The second-order valence-corrected chi connectivity index (χ2v) is 4.35. The molecule has 1 aromatic heterocycles. The van der Waals surface area contributed by atoms with E-state index in [2.05, 4.69) is 15.7 Å². The summed E-state index contributed by atoms with van der Waals surface area (Å²) in [7, 11) is 1.45. The SMILES string of the molecule is CONCc1[nH]nc(-c2ccc(F)c(Cl)c2)c1C(N)=O. The number of hydroxylamine groups is 1. The lowest BCUT2D eigenvalue weighted by molar-refractivity contribution is 0.0851. The summed E-state index contributed by atoms with van der Waals surface area (Å²) in [4.78, 5) is 16.3. The molecule has 1 amide bonds. The summed E-state index contributed by atoms with van der Waals surface area (Å²) in [6.07, 6.45) is 0. The fourth-order valence-corrected chi connectivity index (χ4v) is 1.95. The molecule has 0 aliphatic carbocycles. The van der Waals surface area contributed by atoms with Crippen LogP contribution in [0.3, 0.4) is 0 Å². The summed E-state index contributed by atoms with van der Waals surface area (Å²) in [5.74, 6) is -1.20. The molecule has 1 heterocycles. The number of nitrogens with two attached hydrogens (primary N) is 1. The number of benzene rings is 1. The van der Waals surface area contributed by atoms with Crippen LogP contribution in [0.25, 0.3) is 11.3 Å². The van der Waals surface area contributed by atoms with E-state index in [1.165, 1.54) is 25.3 Å². The number of aromatic nitrogens is 2. The Bertz CT molecular complexity index is 644. The minimum absolute atomic E-state index is 0.0579. The molecule has 0 radical (unpaired) electrons. The van der Waals surface area contributed by atoms with E-state index >= 15 is 0 Å². The van der Waals surface area contributed by atoms with Gasteiger partial charge in [0.05, 0.1) is 29.9 Å². The molecule has 4 N–H and O–H groups in total. The molecule has 0 saturated carbocycles. The molecule has 6 nitrogen and oxygen atoms in total. The van der Waals surface area contributed by atoms with Crippen LogP contribution in [0.2, 0.25) is 5.02 Å². The quantitative estimate of drug-likeness (QED) is 0.731. The maximum atomic E-state index is 13.2. The minimum atomic E-state index is -0.651. The van der Waals surface area contributed by atoms with Gasteiger partial charge in [0.2, 0.25) is 0 Å². The third-order valence-electron chi connectivity index (χ3n) is 2.67. The predicted molar refractivity (Wildman–Crippen MR) is 71.4 cm³/mol. The molecule has 2 aromatic rings. The summed E-state index contributed by atoms with van der Waals surface area (Å²) in [6.45, 7) is 0.219. The highest BCUT2D eigenvalue weighted by atomic mass is 35.5. The first-order valence-electron chi connectivity index (χ1n) is 5.63. The Morgan fingerprint density at radius 1 is 1.60 bits per heavy atom. The van der Waals surface area contributed by atoms with Crippen molar-refractivity contribution in [3.8, 4) is 11.3 Å². The Balaban J connectivity index is 2.48. The van der Waals surface area contributed by atoms with Gasteiger partial charge in [0.25, 0.3) is 5.91 Å². The van der Waals surface area contributed by atoms with Gasteiger partial charge in [-0.3, -0.25) is 9.89 Å². The van der Waals surface area contributed by atoms with Crippen molar-refractivity contribution in [3.05, 3.63) is 40.3 Å². The molecule has 0 saturated heterocycles. The number of halogens is 2. The summed E-state index contributed by atoms with van der Waals surface area (Å²) >= 11 is 5.72. The molecule has 0 aliphatic heterocycles. The first kappa shape index (κ1) is 14.4. The van der Waals surface area contributed by atoms with Crippen LogP contribution in [-0.4, -0.2) is 23.2 Å². The van der Waals surface area contributed by atoms with Crippen LogP contribution in [0.15, 0.2) is 18.2 Å². The van der Waals surface area contributed by atoms with Gasteiger partial charge in [-0.1, -0.05) is 11.6 Å². The summed E-state index contributed by atoms with van der Waals surface area (Å²) < 4.78 is 13.2. The molecule has 0 spiro atoms. The topological polar surface area (TPSA) is 93.0 Å². The third kappa shape index (κ3) is 2.79. The molecule has 0 aliphatic rings. The van der Waals surface area contributed by atoms with Crippen LogP contribution in [0.4, 0.5) is 4.39 Å². The van der Waals surface area contributed by atoms with E-state index in [-0.39, 0.29) is 17.1 Å². The van der Waals surface area contributed by atoms with Crippen molar-refractivity contribution in [2.75, 3.05) is 7.11 Å². The van der Waals surface area contributed by atoms with E-state index in [9.17, 15) is 9.18 Å². The van der Waals surface area contributed by atoms with Crippen molar-refractivity contribution in [3.63, 3.8) is 0 Å². The Hall–Kier alpha value is -1.96. The molecular formula is C12H12ClFN4O2. The average molecular weight is 299 g/mol. The number of carbonyl (C=O) groups excluding carboxylic acids is 1. The minimum Gasteiger partial charge on any atom is -0.365 e. The fourth-order valence-electron chi connectivity index (χ4n) is 1.77. The number of nitrogens with zero attached hydrogens (tertiary/aromatic N) is 1. The van der Waals surface area contributed by atoms with Crippen LogP contribution in [0.1, 0.15) is 16.1 Å². The molecule has 0 bridgehead atoms. The number of nitrogens with one attached hydrogen (secondary N) is 2. The maximum Gasteiger partial charge on any atom is 0.252 e. The molecule has 106 valence electrons. The number of hydrogen-bond donors (Lipinski definition) is 3. The van der Waals surface area contributed by atoms with E-state index in [1.807, 2.05) is 0 Å². The summed E-state index contributed by atoms with van der Waals surface area (Å²) in [5.41, 5.74) is 9.42. The highest BCUT2D eigenvalue weighted by molar-refractivity contribution is 6.31. The third-order valence-corrected chi connectivity index (χ3v) is 2.96. The van der Waals surface area contributed by atoms with Gasteiger partial charge in [0.1, 0.15) is 11.5 Å². The second kappa shape index (κ2) is 6.00. The van der Waals surface area contributed by atoms with E-state index in [0.717, 1.165) is 0 Å². The highest BCUT2D eigenvalue weighted by Gasteiger charge is 2.20. The first-order valence-corrected chi connectivity index (χ1v) is 6.00. The van der Waals surface area contributed by atoms with Gasteiger partial charge in [-0.25, -0.2) is 4.39 Å². The monoisotopic (exact) mass is 298 g/mol. The zero-order chi connectivity index (χ0) is 14.7. The predicted octanol–water partition coefficient (Wildman–Crippen LogP) is 1.62. The average Bonchev–Trinajstić information content (AvgIpc) is 2.83. The van der Waals surface area contributed by atoms with Crippen molar-refractivity contribution >= 4 is 17.5 Å². The number of rotatable bonds is 5. The largest absolute Gasteiger partial charge is 0.365 e. The maximum absolute atomic E-state index is 13.2. The zero-order valence-corrected chi connectivity index (χ0v) is 11.3. The van der Waals surface area contributed by atoms with Crippen molar-refractivity contribution in [1.29, 1.82) is 0 Å². The van der Waals surface area contributed by atoms with Crippen molar-refractivity contribution < 1.29 is 14.0 Å². The number of primary amides is 1. The molecule has 1 aromatic carbocycles. The first-order chi connectivity index (χ1) is 9.54. The molecule has 8 heteroatoms. The van der Waals surface area contributed by atoms with E-state index in [4.69, 9.17) is 22.2 Å². The van der Waals surface area contributed by atoms with Crippen LogP contribution < -0.4 is 11.2 Å². The smallest absolute Gasteiger partial charge is 0.252 e. The number of H-pyrrole nitrogens is 1. The molecule has 2 rings (SSSR count). The van der Waals surface area contributed by atoms with E-state index < -0.39 is 11.7 Å². The molecule has 0 fully saturated rings. The van der Waals surface area contributed by atoms with E-state index in [1.54, 1.807) is 0 Å². The van der Waals surface area contributed by atoms with Crippen molar-refractivity contribution in [2.45, 2.75) is 6.54 Å². The van der Waals surface area contributed by atoms with Gasteiger partial charge in [-0.15, -0.1) is 0 Å². The lowest BCUT2D eigenvalue weighted by atomic mass is 10.1. The Kier molecular flexibility index (Phi) is 4.33. The number of hydrogen-bond acceptors (Lipinski definition) is 4. The molecular weight excluding hydrogens is 287 g/mol. The van der Waals surface area contributed by atoms with Gasteiger partial charge in [-0.05, 0) is 18.2 Å². The van der Waals surface area contributed by atoms with Gasteiger partial charge < -0.3 is 10.6 Å². The van der Waals surface area contributed by atoms with Gasteiger partial charge >= 0.3 is 0 Å². The summed E-state index contributed by atoms with van der Waals surface area (Å²) in [6, 6.07) is 4.05. The van der Waals surface area contributed by atoms with Crippen molar-refractivity contribution in [2.24, 2.45) is 5.73 Å². The van der Waals surface area contributed by atoms with Crippen LogP contribution >= 0.6 is 11.6 Å². The van der Waals surface area contributed by atoms with Crippen LogP contribution in [0, 0.1) is 5.82 Å². The Labute approximate surface area is 119 Å². The molecule has 0 unspecified atom stereocenters. The standard InChI is InChI=1S/C12H12ClFN4O2/c1-20-16-5-9-10(12(15)19)11(18-17-9)6-2-3-8(14)7(13)4-6/h2-4,16H,5H2,1H3,(H2,15,19)(H,17,18).